The Labute approximate surface area is 318 Å². The Kier molecular flexibility index (Phi) is 10.6. The Bertz CT molecular complexity index is 2220. The normalized spacial score (nSPS) is 19.6. The summed E-state index contributed by atoms with van der Waals surface area (Å²) >= 11 is 0. The van der Waals surface area contributed by atoms with Crippen molar-refractivity contribution in [2.75, 3.05) is 20.8 Å². The highest BCUT2D eigenvalue weighted by atomic mass is 16.5. The number of H-pyrrole nitrogens is 2. The number of amides is 3. The lowest BCUT2D eigenvalue weighted by Gasteiger charge is -2.30. The number of aromatic nitrogens is 5. The first kappa shape index (κ1) is 37.6. The average Bonchev–Trinajstić information content (AvgIpc) is 4.02. The van der Waals surface area contributed by atoms with Crippen molar-refractivity contribution in [3.8, 4) is 22.7 Å². The van der Waals surface area contributed by atoms with Crippen LogP contribution in [0.15, 0.2) is 47.0 Å². The van der Waals surface area contributed by atoms with Crippen molar-refractivity contribution >= 4 is 46.0 Å². The van der Waals surface area contributed by atoms with Crippen LogP contribution < -0.4 is 10.6 Å². The van der Waals surface area contributed by atoms with Crippen molar-refractivity contribution in [1.82, 2.24) is 40.5 Å². The lowest BCUT2D eigenvalue weighted by molar-refractivity contribution is -0.135. The Hall–Kier alpha value is -5.73. The maximum absolute atomic E-state index is 13.7. The number of aromatic amines is 2. The van der Waals surface area contributed by atoms with Crippen LogP contribution in [0.1, 0.15) is 83.4 Å². The second-order valence-electron chi connectivity index (χ2n) is 15.2. The maximum Gasteiger partial charge on any atom is 0.407 e. The number of hydrogen-bond donors (Lipinski definition) is 4. The number of carbonyl (C=O) groups is 4. The van der Waals surface area contributed by atoms with Crippen molar-refractivity contribution in [3.63, 3.8) is 0 Å². The average molecular weight is 753 g/mol. The van der Waals surface area contributed by atoms with Crippen LogP contribution in [0.5, 0.6) is 0 Å². The number of nitrogens with zero attached hydrogens (tertiary/aromatic N) is 4. The number of likely N-dealkylation sites (tertiary alicyclic amines) is 1. The molecule has 290 valence electrons. The molecule has 1 saturated heterocycles. The van der Waals surface area contributed by atoms with E-state index in [9.17, 15) is 19.2 Å². The minimum atomic E-state index is -0.710. The molecule has 55 heavy (non-hydrogen) atoms. The van der Waals surface area contributed by atoms with Gasteiger partial charge in [-0.1, -0.05) is 34.1 Å². The molecule has 5 aromatic rings. The predicted molar refractivity (Wildman–Crippen MR) is 204 cm³/mol. The van der Waals surface area contributed by atoms with Crippen LogP contribution in [0, 0.1) is 17.8 Å². The van der Waals surface area contributed by atoms with Crippen molar-refractivity contribution in [3.05, 3.63) is 54.2 Å². The predicted octanol–water partition coefficient (Wildman–Crippen LogP) is 6.64. The fourth-order valence-corrected chi connectivity index (χ4v) is 8.01. The van der Waals surface area contributed by atoms with Crippen LogP contribution in [0.2, 0.25) is 0 Å². The number of imidazole rings is 2. The first-order chi connectivity index (χ1) is 26.4. The van der Waals surface area contributed by atoms with Crippen LogP contribution in [-0.4, -0.2) is 86.5 Å². The zero-order valence-corrected chi connectivity index (χ0v) is 32.0. The van der Waals surface area contributed by atoms with Crippen molar-refractivity contribution in [1.29, 1.82) is 0 Å². The molecule has 2 fully saturated rings. The molecular formula is C40H48N8O7. The van der Waals surface area contributed by atoms with Crippen molar-refractivity contribution in [2.45, 2.75) is 83.8 Å². The van der Waals surface area contributed by atoms with Crippen molar-refractivity contribution < 1.29 is 33.1 Å². The Morgan fingerprint density at radius 1 is 0.818 bits per heavy atom. The van der Waals surface area contributed by atoms with Gasteiger partial charge in [-0.2, -0.15) is 0 Å². The van der Waals surface area contributed by atoms with Gasteiger partial charge in [0.1, 0.15) is 23.2 Å². The number of oxazole rings is 1. The first-order valence-corrected chi connectivity index (χ1v) is 18.9. The summed E-state index contributed by atoms with van der Waals surface area (Å²) in [5.74, 6) is 1.17. The molecule has 0 spiro atoms. The number of hydrogen-bond acceptors (Lipinski definition) is 10. The monoisotopic (exact) mass is 752 g/mol. The van der Waals surface area contributed by atoms with E-state index in [4.69, 9.17) is 23.9 Å². The van der Waals surface area contributed by atoms with Gasteiger partial charge in [-0.15, -0.1) is 0 Å². The fraction of sp³-hybridized carbons (Fsp3) is 0.475. The number of benzene rings is 2. The van der Waals surface area contributed by atoms with Gasteiger partial charge in [-0.05, 0) is 73.9 Å². The number of methoxy groups -OCH3 is 2. The molecule has 1 aliphatic heterocycles. The largest absolute Gasteiger partial charge is 0.453 e. The lowest BCUT2D eigenvalue weighted by Crippen LogP contribution is -2.51. The van der Waals surface area contributed by atoms with E-state index in [1.54, 1.807) is 11.1 Å². The highest BCUT2D eigenvalue weighted by molar-refractivity contribution is 5.91. The molecule has 0 radical (unpaired) electrons. The Morgan fingerprint density at radius 3 is 2.27 bits per heavy atom. The van der Waals surface area contributed by atoms with Gasteiger partial charge in [0.15, 0.2) is 11.4 Å². The van der Waals surface area contributed by atoms with Crippen LogP contribution in [0.3, 0.4) is 0 Å². The molecule has 3 amide bonds. The van der Waals surface area contributed by atoms with Gasteiger partial charge in [-0.3, -0.25) is 9.59 Å². The van der Waals surface area contributed by atoms with Crippen LogP contribution in [0.25, 0.3) is 44.8 Å². The molecule has 3 aromatic heterocycles. The summed E-state index contributed by atoms with van der Waals surface area (Å²) in [6, 6.07) is 9.96. The van der Waals surface area contributed by atoms with Gasteiger partial charge in [0.2, 0.25) is 11.8 Å². The zero-order chi connectivity index (χ0) is 39.0. The third kappa shape index (κ3) is 7.51. The van der Waals surface area contributed by atoms with E-state index in [0.717, 1.165) is 65.8 Å². The van der Waals surface area contributed by atoms with Crippen LogP contribution >= 0.6 is 0 Å². The van der Waals surface area contributed by atoms with Crippen LogP contribution in [0.4, 0.5) is 9.59 Å². The third-order valence-corrected chi connectivity index (χ3v) is 10.9. The van der Waals surface area contributed by atoms with E-state index in [-0.39, 0.29) is 41.4 Å². The van der Waals surface area contributed by atoms with E-state index in [2.05, 4.69) is 25.6 Å². The molecule has 2 aliphatic rings. The van der Waals surface area contributed by atoms with Gasteiger partial charge in [0.25, 0.3) is 0 Å². The molecule has 15 nitrogen and oxygen atoms in total. The first-order valence-electron chi connectivity index (χ1n) is 18.9. The Balaban J connectivity index is 1.08. The van der Waals surface area contributed by atoms with E-state index in [1.807, 2.05) is 64.1 Å². The van der Waals surface area contributed by atoms with E-state index < -0.39 is 24.3 Å². The molecule has 4 heterocycles. The zero-order valence-electron chi connectivity index (χ0n) is 32.0. The minimum absolute atomic E-state index is 0.00152. The van der Waals surface area contributed by atoms with Gasteiger partial charge in [0, 0.05) is 29.5 Å². The highest BCUT2D eigenvalue weighted by Gasteiger charge is 2.41. The van der Waals surface area contributed by atoms with Gasteiger partial charge < -0.3 is 39.4 Å². The fourth-order valence-electron chi connectivity index (χ4n) is 8.01. The van der Waals surface area contributed by atoms with E-state index in [1.165, 1.54) is 14.2 Å². The SMILES string of the molecule is COC(=O)N[C@H](C(=O)C1CCC[C@H]1c1nc2ccc(-c3nc4cc(-c5cnc([C@@H]6CCCN6C(=O)[C@@H](NC(=O)OC)C(C)C)[nH]5)ccc4o3)cc2[nH]1)C(C)C. The highest BCUT2D eigenvalue weighted by Crippen LogP contribution is 2.41. The minimum Gasteiger partial charge on any atom is -0.453 e. The number of alkyl carbamates (subject to hydrolysis) is 2. The topological polar surface area (TPSA) is 197 Å². The number of nitrogens with one attached hydrogen (secondary N) is 4. The molecule has 1 aliphatic carbocycles. The molecule has 1 saturated carbocycles. The summed E-state index contributed by atoms with van der Waals surface area (Å²) < 4.78 is 15.7. The van der Waals surface area contributed by atoms with Gasteiger partial charge >= 0.3 is 12.2 Å². The number of fused-ring (bicyclic) bond motifs is 2. The molecule has 5 atom stereocenters. The molecule has 2 aromatic carbocycles. The molecule has 0 bridgehead atoms. The van der Waals surface area contributed by atoms with E-state index in [0.29, 0.717) is 29.4 Å². The number of rotatable bonds is 11. The summed E-state index contributed by atoms with van der Waals surface area (Å²) in [7, 11) is 2.58. The molecular weight excluding hydrogens is 704 g/mol. The summed E-state index contributed by atoms with van der Waals surface area (Å²) in [5.41, 5.74) is 5.31. The second-order valence-corrected chi connectivity index (χ2v) is 15.2. The summed E-state index contributed by atoms with van der Waals surface area (Å²) in [5, 5.41) is 5.42. The standard InChI is InChI=1S/C40H48N8O7/c1-20(2)32(46-39(51)53-5)34(49)24-9-7-10-25(24)35-42-26-14-12-23(18-27(26)43-35)37-45-28-17-22(13-15-31(28)55-37)29-19-41-36(44-29)30-11-8-16-48(30)38(50)33(21(3)4)47-40(52)54-6/h12-15,17-21,24-25,30,32-33H,7-11,16H2,1-6H3,(H,41,44)(H,42,43)(H,46,51)(H,47,52)/t24?,25-,30+,32+,33+/m1/s1. The summed E-state index contributed by atoms with van der Waals surface area (Å²) in [4.78, 5) is 74.3. The maximum atomic E-state index is 13.7. The van der Waals surface area contributed by atoms with E-state index >= 15 is 0 Å². The quantitative estimate of drug-likeness (QED) is 0.114. The van der Waals surface area contributed by atoms with Crippen molar-refractivity contribution in [2.24, 2.45) is 17.8 Å². The molecule has 1 unspecified atom stereocenters. The molecule has 15 heteroatoms. The number of carbonyl (C=O) groups excluding carboxylic acids is 4. The third-order valence-electron chi connectivity index (χ3n) is 10.9. The number of ether oxygens (including phenoxy) is 2. The van der Waals surface area contributed by atoms with Gasteiger partial charge in [0.05, 0.1) is 49.2 Å². The van der Waals surface area contributed by atoms with Crippen LogP contribution in [-0.2, 0) is 19.1 Å². The molecule has 4 N–H and O–H groups in total. The Morgan fingerprint density at radius 2 is 1.55 bits per heavy atom. The summed E-state index contributed by atoms with van der Waals surface area (Å²) in [6.07, 6.45) is 4.53. The smallest absolute Gasteiger partial charge is 0.407 e. The summed E-state index contributed by atoms with van der Waals surface area (Å²) in [6.45, 7) is 8.18. The second kappa shape index (κ2) is 15.6. The lowest BCUT2D eigenvalue weighted by atomic mass is 9.84. The van der Waals surface area contributed by atoms with Gasteiger partial charge in [-0.25, -0.2) is 24.5 Å². The molecule has 7 rings (SSSR count). The number of Topliss-reactive ketones (excluding diaryl/α,β-unsaturated/α-hetero) is 1. The number of ketones is 1.